The molecule has 0 spiro atoms. The number of allylic oxidation sites excluding steroid dienone is 4. The number of nitrogens with zero attached hydrogens (tertiary/aromatic N) is 1. The lowest BCUT2D eigenvalue weighted by atomic mass is 10.1. The van der Waals surface area contributed by atoms with Crippen molar-refractivity contribution in [3.63, 3.8) is 0 Å². The van der Waals surface area contributed by atoms with Crippen molar-refractivity contribution >= 4 is 11.4 Å². The normalized spacial score (nSPS) is 13.8. The number of para-hydroxylation sites is 1. The van der Waals surface area contributed by atoms with Crippen LogP contribution in [-0.2, 0) is 4.74 Å². The molecule has 1 aliphatic carbocycles. The van der Waals surface area contributed by atoms with Crippen LogP contribution in [-0.4, -0.2) is 14.2 Å². The van der Waals surface area contributed by atoms with E-state index in [4.69, 9.17) is 9.47 Å². The van der Waals surface area contributed by atoms with Gasteiger partial charge >= 0.3 is 0 Å². The van der Waals surface area contributed by atoms with Crippen molar-refractivity contribution < 1.29 is 9.47 Å². The fourth-order valence-electron chi connectivity index (χ4n) is 2.75. The van der Waals surface area contributed by atoms with Crippen molar-refractivity contribution in [3.8, 4) is 5.75 Å². The molecule has 0 amide bonds. The first-order valence-electron chi connectivity index (χ1n) is 7.75. The monoisotopic (exact) mass is 307 g/mol. The van der Waals surface area contributed by atoms with Crippen LogP contribution >= 0.6 is 0 Å². The molecule has 3 nitrogen and oxygen atoms in total. The highest BCUT2D eigenvalue weighted by Crippen LogP contribution is 2.34. The lowest BCUT2D eigenvalue weighted by Crippen LogP contribution is -2.18. The summed E-state index contributed by atoms with van der Waals surface area (Å²) in [6.45, 7) is 0. The topological polar surface area (TPSA) is 21.7 Å². The first-order valence-corrected chi connectivity index (χ1v) is 7.75. The summed E-state index contributed by atoms with van der Waals surface area (Å²) < 4.78 is 10.6. The van der Waals surface area contributed by atoms with Crippen molar-refractivity contribution in [1.29, 1.82) is 0 Å². The van der Waals surface area contributed by atoms with Crippen LogP contribution in [0.15, 0.2) is 78.2 Å². The van der Waals surface area contributed by atoms with Gasteiger partial charge in [0, 0.05) is 23.5 Å². The van der Waals surface area contributed by atoms with Gasteiger partial charge in [0.25, 0.3) is 0 Å². The molecule has 0 aromatic heterocycles. The van der Waals surface area contributed by atoms with Crippen LogP contribution in [0.5, 0.6) is 5.75 Å². The van der Waals surface area contributed by atoms with Crippen molar-refractivity contribution in [3.05, 3.63) is 78.2 Å². The van der Waals surface area contributed by atoms with Crippen LogP contribution in [0.2, 0.25) is 0 Å². The van der Waals surface area contributed by atoms with E-state index in [1.165, 1.54) is 5.70 Å². The lowest BCUT2D eigenvalue weighted by Gasteiger charge is -2.29. The predicted octanol–water partition coefficient (Wildman–Crippen LogP) is 5.04. The van der Waals surface area contributed by atoms with Crippen LogP contribution in [0.1, 0.15) is 12.8 Å². The Morgan fingerprint density at radius 3 is 2.00 bits per heavy atom. The molecule has 0 atom stereocenters. The summed E-state index contributed by atoms with van der Waals surface area (Å²) >= 11 is 0. The Morgan fingerprint density at radius 2 is 1.43 bits per heavy atom. The molecule has 118 valence electrons. The van der Waals surface area contributed by atoms with Gasteiger partial charge in [-0.15, -0.1) is 0 Å². The average molecular weight is 307 g/mol. The number of hydrogen-bond acceptors (Lipinski definition) is 3. The Morgan fingerprint density at radius 1 is 0.739 bits per heavy atom. The molecule has 0 unspecified atom stereocenters. The summed E-state index contributed by atoms with van der Waals surface area (Å²) in [5, 5.41) is 0. The van der Waals surface area contributed by atoms with E-state index in [-0.39, 0.29) is 0 Å². The molecule has 0 heterocycles. The molecule has 3 rings (SSSR count). The standard InChI is InChI=1S/C20H21NO2/c1-22-19-12-8-17(9-13-19)21(16-6-4-3-5-7-16)18-10-14-20(23-2)15-11-18/h3-10,12-14H,11,15H2,1-2H3. The molecule has 23 heavy (non-hydrogen) atoms. The van der Waals surface area contributed by atoms with Crippen LogP contribution in [0, 0.1) is 0 Å². The van der Waals surface area contributed by atoms with Crippen molar-refractivity contribution in [2.45, 2.75) is 12.8 Å². The maximum atomic E-state index is 5.34. The van der Waals surface area contributed by atoms with Crippen molar-refractivity contribution in [2.75, 3.05) is 19.1 Å². The zero-order valence-electron chi connectivity index (χ0n) is 13.5. The molecule has 0 saturated heterocycles. The minimum absolute atomic E-state index is 0.862. The Balaban J connectivity index is 2.00. The van der Waals surface area contributed by atoms with E-state index in [1.54, 1.807) is 14.2 Å². The molecule has 0 saturated carbocycles. The highest BCUT2D eigenvalue weighted by atomic mass is 16.5. The highest BCUT2D eigenvalue weighted by molar-refractivity contribution is 5.69. The molecule has 2 aromatic carbocycles. The number of hydrogen-bond donors (Lipinski definition) is 0. The quantitative estimate of drug-likeness (QED) is 0.772. The van der Waals surface area contributed by atoms with Gasteiger partial charge < -0.3 is 14.4 Å². The van der Waals surface area contributed by atoms with Crippen molar-refractivity contribution in [2.24, 2.45) is 0 Å². The Kier molecular flexibility index (Phi) is 4.67. The predicted molar refractivity (Wildman–Crippen MR) is 94.0 cm³/mol. The van der Waals surface area contributed by atoms with Gasteiger partial charge in [0.2, 0.25) is 0 Å². The zero-order chi connectivity index (χ0) is 16.1. The molecule has 0 radical (unpaired) electrons. The van der Waals surface area contributed by atoms with E-state index in [2.05, 4.69) is 53.5 Å². The highest BCUT2D eigenvalue weighted by Gasteiger charge is 2.17. The summed E-state index contributed by atoms with van der Waals surface area (Å²) in [7, 11) is 3.41. The molecule has 2 aromatic rings. The summed E-state index contributed by atoms with van der Waals surface area (Å²) in [4.78, 5) is 2.28. The van der Waals surface area contributed by atoms with E-state index in [0.717, 1.165) is 35.7 Å². The smallest absolute Gasteiger partial charge is 0.119 e. The summed E-state index contributed by atoms with van der Waals surface area (Å²) in [6.07, 6.45) is 6.06. The Hall–Kier alpha value is -2.68. The maximum Gasteiger partial charge on any atom is 0.119 e. The molecule has 0 N–H and O–H groups in total. The first kappa shape index (κ1) is 15.2. The van der Waals surface area contributed by atoms with Crippen LogP contribution < -0.4 is 9.64 Å². The maximum absolute atomic E-state index is 5.34. The number of benzene rings is 2. The van der Waals surface area contributed by atoms with E-state index < -0.39 is 0 Å². The third-order valence-corrected chi connectivity index (χ3v) is 3.98. The van der Waals surface area contributed by atoms with Crippen LogP contribution in [0.3, 0.4) is 0 Å². The van der Waals surface area contributed by atoms with Crippen molar-refractivity contribution in [1.82, 2.24) is 0 Å². The fourth-order valence-corrected chi connectivity index (χ4v) is 2.75. The molecular formula is C20H21NO2. The largest absolute Gasteiger partial charge is 0.501 e. The minimum Gasteiger partial charge on any atom is -0.501 e. The van der Waals surface area contributed by atoms with E-state index in [1.807, 2.05) is 18.2 Å². The van der Waals surface area contributed by atoms with Gasteiger partial charge in [-0.25, -0.2) is 0 Å². The second-order valence-corrected chi connectivity index (χ2v) is 5.36. The number of anilines is 2. The SMILES string of the molecule is COC1=CC=C(N(c2ccccc2)c2ccc(OC)cc2)CC1. The van der Waals surface area contributed by atoms with Gasteiger partial charge in [0.05, 0.1) is 20.0 Å². The molecule has 3 heteroatoms. The van der Waals surface area contributed by atoms with Gasteiger partial charge in [0.1, 0.15) is 5.75 Å². The number of ether oxygens (including phenoxy) is 2. The second kappa shape index (κ2) is 7.05. The summed E-state index contributed by atoms with van der Waals surface area (Å²) in [5.74, 6) is 1.89. The van der Waals surface area contributed by atoms with E-state index >= 15 is 0 Å². The fraction of sp³-hybridized carbons (Fsp3) is 0.200. The van der Waals surface area contributed by atoms with Gasteiger partial charge in [-0.1, -0.05) is 18.2 Å². The molecular weight excluding hydrogens is 286 g/mol. The molecule has 0 aliphatic heterocycles. The van der Waals surface area contributed by atoms with E-state index in [0.29, 0.717) is 0 Å². The Labute approximate surface area is 137 Å². The third-order valence-electron chi connectivity index (χ3n) is 3.98. The number of methoxy groups -OCH3 is 2. The number of rotatable bonds is 5. The first-order chi connectivity index (χ1) is 11.3. The second-order valence-electron chi connectivity index (χ2n) is 5.36. The van der Waals surface area contributed by atoms with Gasteiger partial charge in [-0.3, -0.25) is 0 Å². The minimum atomic E-state index is 0.862. The lowest BCUT2D eigenvalue weighted by molar-refractivity contribution is 0.275. The van der Waals surface area contributed by atoms with Crippen LogP contribution in [0.25, 0.3) is 0 Å². The Bertz CT molecular complexity index is 702. The van der Waals surface area contributed by atoms with Gasteiger partial charge in [0.15, 0.2) is 0 Å². The molecule has 0 bridgehead atoms. The summed E-state index contributed by atoms with van der Waals surface area (Å²) in [5.41, 5.74) is 3.53. The molecule has 1 aliphatic rings. The third kappa shape index (κ3) is 3.39. The zero-order valence-corrected chi connectivity index (χ0v) is 13.5. The van der Waals surface area contributed by atoms with E-state index in [9.17, 15) is 0 Å². The van der Waals surface area contributed by atoms with Gasteiger partial charge in [-0.2, -0.15) is 0 Å². The average Bonchev–Trinajstić information content (AvgIpc) is 2.64. The summed E-state index contributed by atoms with van der Waals surface area (Å²) in [6, 6.07) is 18.6. The molecule has 0 fully saturated rings. The van der Waals surface area contributed by atoms with Crippen LogP contribution in [0.4, 0.5) is 11.4 Å². The van der Waals surface area contributed by atoms with Gasteiger partial charge in [-0.05, 0) is 55.0 Å².